The van der Waals surface area contributed by atoms with Gasteiger partial charge in [-0.05, 0) is 6.42 Å². The molecule has 0 radical (unpaired) electrons. The van der Waals surface area contributed by atoms with E-state index in [0.29, 0.717) is 0 Å². The van der Waals surface area contributed by atoms with Crippen LogP contribution in [0.4, 0.5) is 0 Å². The topological polar surface area (TPSA) is 18.8 Å². The van der Waals surface area contributed by atoms with E-state index >= 15 is 0 Å². The molecule has 0 amide bonds. The summed E-state index contributed by atoms with van der Waals surface area (Å²) in [6.07, 6.45) is 20.0. The summed E-state index contributed by atoms with van der Waals surface area (Å²) in [6, 6.07) is 0. The van der Waals surface area contributed by atoms with Crippen molar-refractivity contribution in [2.45, 2.75) is 96.8 Å². The fourth-order valence-electron chi connectivity index (χ4n) is 3.73. The van der Waals surface area contributed by atoms with Crippen molar-refractivity contribution in [1.29, 1.82) is 0 Å². The van der Waals surface area contributed by atoms with Crippen molar-refractivity contribution >= 4 is 5.96 Å². The van der Waals surface area contributed by atoms with Crippen LogP contribution in [0.5, 0.6) is 0 Å². The van der Waals surface area contributed by atoms with E-state index in [2.05, 4.69) is 28.8 Å². The van der Waals surface area contributed by atoms with Crippen molar-refractivity contribution in [3.8, 4) is 0 Å². The van der Waals surface area contributed by atoms with Crippen molar-refractivity contribution in [2.24, 2.45) is 4.99 Å². The first-order chi connectivity index (χ1) is 11.8. The van der Waals surface area contributed by atoms with Gasteiger partial charge in [0, 0.05) is 33.7 Å². The van der Waals surface area contributed by atoms with Crippen LogP contribution in [0, 0.1) is 0 Å². The molecule has 0 bridgehead atoms. The van der Waals surface area contributed by atoms with Gasteiger partial charge in [-0.3, -0.25) is 4.99 Å². The van der Waals surface area contributed by atoms with Crippen LogP contribution in [0.15, 0.2) is 4.99 Å². The highest BCUT2D eigenvalue weighted by atomic mass is 15.4. The van der Waals surface area contributed by atoms with E-state index in [-0.39, 0.29) is 0 Å². The minimum absolute atomic E-state index is 1.13. The van der Waals surface area contributed by atoms with Crippen molar-refractivity contribution in [1.82, 2.24) is 9.80 Å². The van der Waals surface area contributed by atoms with Gasteiger partial charge in [-0.2, -0.15) is 0 Å². The lowest BCUT2D eigenvalue weighted by Crippen LogP contribution is -2.32. The molecule has 0 aromatic heterocycles. The summed E-state index contributed by atoms with van der Waals surface area (Å²) in [6.45, 7) is 5.77. The lowest BCUT2D eigenvalue weighted by atomic mass is 10.0. The molecule has 0 spiro atoms. The highest BCUT2D eigenvalue weighted by Gasteiger charge is 2.21. The maximum atomic E-state index is 4.40. The molecule has 3 nitrogen and oxygen atoms in total. The average molecular weight is 338 g/mol. The molecule has 0 N–H and O–H groups in total. The standard InChI is InChI=1S/C21H43N3/c1-4-5-6-7-8-9-10-11-12-13-14-15-16-17-18-24-20-19-23(3)21(24)22-2/h4-20H2,1-3H3/b22-21+. The van der Waals surface area contributed by atoms with Crippen LogP contribution in [0.3, 0.4) is 0 Å². The van der Waals surface area contributed by atoms with Crippen LogP contribution in [0.1, 0.15) is 96.8 Å². The Morgan fingerprint density at radius 2 is 1.17 bits per heavy atom. The SMILES string of the molecule is CCCCCCCCCCCCCCCCN1CCN(C)/C1=N\C. The predicted molar refractivity (Wildman–Crippen MR) is 108 cm³/mol. The van der Waals surface area contributed by atoms with Crippen molar-refractivity contribution in [3.05, 3.63) is 0 Å². The normalized spacial score (nSPS) is 16.5. The van der Waals surface area contributed by atoms with Gasteiger partial charge in [0.15, 0.2) is 5.96 Å². The number of rotatable bonds is 15. The molecule has 1 rings (SSSR count). The van der Waals surface area contributed by atoms with Gasteiger partial charge < -0.3 is 9.80 Å². The average Bonchev–Trinajstić information content (AvgIpc) is 2.95. The largest absolute Gasteiger partial charge is 0.344 e. The minimum atomic E-state index is 1.13. The summed E-state index contributed by atoms with van der Waals surface area (Å²) in [5.41, 5.74) is 0. The Labute approximate surface area is 151 Å². The molecule has 0 aromatic carbocycles. The first-order valence-electron chi connectivity index (χ1n) is 10.7. The van der Waals surface area contributed by atoms with Crippen LogP contribution in [0.25, 0.3) is 0 Å². The Balaban J connectivity index is 1.80. The van der Waals surface area contributed by atoms with E-state index in [1.54, 1.807) is 0 Å². The molecule has 1 heterocycles. The lowest BCUT2D eigenvalue weighted by Gasteiger charge is -2.19. The smallest absolute Gasteiger partial charge is 0.196 e. The van der Waals surface area contributed by atoms with Crippen LogP contribution >= 0.6 is 0 Å². The number of likely N-dealkylation sites (N-methyl/N-ethyl adjacent to an activating group) is 1. The van der Waals surface area contributed by atoms with Gasteiger partial charge in [-0.15, -0.1) is 0 Å². The Morgan fingerprint density at radius 1 is 0.708 bits per heavy atom. The summed E-state index contributed by atoms with van der Waals surface area (Å²) in [7, 11) is 4.06. The zero-order valence-corrected chi connectivity index (χ0v) is 16.9. The Hall–Kier alpha value is -0.730. The van der Waals surface area contributed by atoms with Crippen LogP contribution in [-0.4, -0.2) is 49.5 Å². The molecular weight excluding hydrogens is 294 g/mol. The molecule has 0 aliphatic carbocycles. The van der Waals surface area contributed by atoms with Crippen molar-refractivity contribution in [2.75, 3.05) is 33.7 Å². The second kappa shape index (κ2) is 14.6. The van der Waals surface area contributed by atoms with Gasteiger partial charge in [0.05, 0.1) is 0 Å². The summed E-state index contributed by atoms with van der Waals surface area (Å²) in [5, 5.41) is 0. The minimum Gasteiger partial charge on any atom is -0.344 e. The van der Waals surface area contributed by atoms with E-state index < -0.39 is 0 Å². The fraction of sp³-hybridized carbons (Fsp3) is 0.952. The first kappa shape index (κ1) is 21.3. The quantitative estimate of drug-likeness (QED) is 0.357. The van der Waals surface area contributed by atoms with Crippen LogP contribution in [0.2, 0.25) is 0 Å². The molecule has 1 fully saturated rings. The number of aliphatic imine (C=N–C) groups is 1. The summed E-state index contributed by atoms with van der Waals surface area (Å²) < 4.78 is 0. The molecule has 3 heteroatoms. The highest BCUT2D eigenvalue weighted by molar-refractivity contribution is 5.81. The number of nitrogens with zero attached hydrogens (tertiary/aromatic N) is 3. The molecule has 24 heavy (non-hydrogen) atoms. The molecule has 0 saturated carbocycles. The highest BCUT2D eigenvalue weighted by Crippen LogP contribution is 2.14. The van der Waals surface area contributed by atoms with E-state index in [9.17, 15) is 0 Å². The molecule has 1 aliphatic heterocycles. The summed E-state index contributed by atoms with van der Waals surface area (Å²) >= 11 is 0. The number of hydrogen-bond donors (Lipinski definition) is 0. The van der Waals surface area contributed by atoms with Gasteiger partial charge in [0.2, 0.25) is 0 Å². The van der Waals surface area contributed by atoms with Gasteiger partial charge in [0.1, 0.15) is 0 Å². The monoisotopic (exact) mass is 337 g/mol. The lowest BCUT2D eigenvalue weighted by molar-refractivity contribution is 0.433. The second-order valence-electron chi connectivity index (χ2n) is 7.53. The van der Waals surface area contributed by atoms with E-state index in [1.807, 2.05) is 7.05 Å². The van der Waals surface area contributed by atoms with Gasteiger partial charge in [-0.1, -0.05) is 90.4 Å². The molecule has 1 aliphatic rings. The Kier molecular flexibility index (Phi) is 13.0. The van der Waals surface area contributed by atoms with Crippen LogP contribution in [-0.2, 0) is 0 Å². The first-order valence-corrected chi connectivity index (χ1v) is 10.7. The van der Waals surface area contributed by atoms with Crippen molar-refractivity contribution in [3.63, 3.8) is 0 Å². The third-order valence-electron chi connectivity index (χ3n) is 5.31. The molecular formula is C21H43N3. The Morgan fingerprint density at radius 3 is 1.62 bits per heavy atom. The van der Waals surface area contributed by atoms with Gasteiger partial charge in [0.25, 0.3) is 0 Å². The fourth-order valence-corrected chi connectivity index (χ4v) is 3.73. The van der Waals surface area contributed by atoms with Crippen LogP contribution < -0.4 is 0 Å². The molecule has 0 atom stereocenters. The Bertz CT molecular complexity index is 314. The predicted octanol–water partition coefficient (Wildman–Crippen LogP) is 5.70. The van der Waals surface area contributed by atoms with E-state index in [4.69, 9.17) is 0 Å². The maximum Gasteiger partial charge on any atom is 0.196 e. The van der Waals surface area contributed by atoms with E-state index in [1.165, 1.54) is 102 Å². The number of guanidine groups is 1. The summed E-state index contributed by atoms with van der Waals surface area (Å²) in [4.78, 5) is 9.12. The second-order valence-corrected chi connectivity index (χ2v) is 7.53. The summed E-state index contributed by atoms with van der Waals surface area (Å²) in [5.74, 6) is 1.18. The van der Waals surface area contributed by atoms with Crippen molar-refractivity contribution < 1.29 is 0 Å². The molecule has 0 unspecified atom stereocenters. The zero-order valence-electron chi connectivity index (χ0n) is 16.9. The molecule has 142 valence electrons. The third kappa shape index (κ3) is 9.54. The van der Waals surface area contributed by atoms with Gasteiger partial charge >= 0.3 is 0 Å². The zero-order chi connectivity index (χ0) is 17.5. The number of unbranched alkanes of at least 4 members (excludes halogenated alkanes) is 13. The third-order valence-corrected chi connectivity index (χ3v) is 5.31. The maximum absolute atomic E-state index is 4.40. The van der Waals surface area contributed by atoms with E-state index in [0.717, 1.165) is 13.1 Å². The molecule has 0 aromatic rings. The molecule has 1 saturated heterocycles. The number of hydrogen-bond acceptors (Lipinski definition) is 1. The van der Waals surface area contributed by atoms with Gasteiger partial charge in [-0.25, -0.2) is 0 Å².